The van der Waals surface area contributed by atoms with Crippen LogP contribution < -0.4 is 5.73 Å². The number of rotatable bonds is 4. The van der Waals surface area contributed by atoms with Gasteiger partial charge in [0.15, 0.2) is 3.95 Å². The van der Waals surface area contributed by atoms with Crippen molar-refractivity contribution >= 4 is 41.8 Å². The molecule has 0 amide bonds. The zero-order valence-electron chi connectivity index (χ0n) is 11.3. The van der Waals surface area contributed by atoms with Crippen LogP contribution in [0.2, 0.25) is 0 Å². The Morgan fingerprint density at radius 3 is 2.75 bits per heavy atom. The zero-order valence-corrected chi connectivity index (χ0v) is 13.7. The molecule has 3 N–H and O–H groups in total. The van der Waals surface area contributed by atoms with Gasteiger partial charge in [-0.2, -0.15) is 0 Å². The fourth-order valence-corrected chi connectivity index (χ4v) is 3.32. The minimum absolute atomic E-state index is 0. The van der Waals surface area contributed by atoms with Gasteiger partial charge in [0.1, 0.15) is 11.6 Å². The van der Waals surface area contributed by atoms with Crippen molar-refractivity contribution in [3.63, 3.8) is 0 Å². The van der Waals surface area contributed by atoms with Crippen molar-refractivity contribution in [2.45, 2.75) is 26.8 Å². The van der Waals surface area contributed by atoms with E-state index >= 15 is 0 Å². The lowest BCUT2D eigenvalue weighted by atomic mass is 10.2. The van der Waals surface area contributed by atoms with Gasteiger partial charge in [-0.15, -0.1) is 23.7 Å². The normalized spacial score (nSPS) is 10.3. The Kier molecular flexibility index (Phi) is 6.07. The first-order valence-corrected chi connectivity index (χ1v) is 7.13. The largest absolute Gasteiger partial charge is 0.396 e. The highest BCUT2D eigenvalue weighted by atomic mass is 35.5. The number of aliphatic hydroxyl groups excluding tert-OH is 1. The van der Waals surface area contributed by atoms with E-state index in [-0.39, 0.29) is 19.0 Å². The van der Waals surface area contributed by atoms with Crippen LogP contribution >= 0.6 is 36.0 Å². The summed E-state index contributed by atoms with van der Waals surface area (Å²) in [6, 6.07) is 0. The third-order valence-electron chi connectivity index (χ3n) is 2.93. The van der Waals surface area contributed by atoms with E-state index in [1.807, 2.05) is 11.5 Å². The maximum absolute atomic E-state index is 9.03. The molecule has 0 radical (unpaired) electrons. The summed E-state index contributed by atoms with van der Waals surface area (Å²) in [5, 5.41) is 9.03. The number of nitrogen functional groups attached to an aromatic ring is 1. The van der Waals surface area contributed by atoms with Crippen molar-refractivity contribution in [3.05, 3.63) is 32.1 Å². The van der Waals surface area contributed by atoms with E-state index in [4.69, 9.17) is 23.1 Å². The second-order valence-corrected chi connectivity index (χ2v) is 5.99. The van der Waals surface area contributed by atoms with Crippen molar-refractivity contribution in [2.75, 3.05) is 12.3 Å². The molecule has 0 spiro atoms. The van der Waals surface area contributed by atoms with E-state index in [1.54, 1.807) is 13.1 Å². The lowest BCUT2D eigenvalue weighted by Crippen LogP contribution is -2.08. The van der Waals surface area contributed by atoms with Crippen molar-refractivity contribution in [1.29, 1.82) is 0 Å². The molecule has 110 valence electrons. The summed E-state index contributed by atoms with van der Waals surface area (Å²) in [6.45, 7) is 4.51. The van der Waals surface area contributed by atoms with Crippen molar-refractivity contribution in [1.82, 2.24) is 14.5 Å². The third kappa shape index (κ3) is 3.54. The number of aliphatic hydroxyl groups is 1. The number of hydrogen-bond acceptors (Lipinski definition) is 6. The molecule has 5 nitrogen and oxygen atoms in total. The van der Waals surface area contributed by atoms with Crippen LogP contribution in [0.15, 0.2) is 6.20 Å². The van der Waals surface area contributed by atoms with Crippen LogP contribution in [0, 0.1) is 17.8 Å². The van der Waals surface area contributed by atoms with Crippen molar-refractivity contribution in [2.24, 2.45) is 0 Å². The minimum atomic E-state index is 0. The molecule has 2 rings (SSSR count). The molecule has 20 heavy (non-hydrogen) atoms. The molecule has 0 aliphatic carbocycles. The first kappa shape index (κ1) is 17.0. The maximum Gasteiger partial charge on any atom is 0.161 e. The van der Waals surface area contributed by atoms with Gasteiger partial charge in [-0.05, 0) is 26.1 Å². The second kappa shape index (κ2) is 7.12. The van der Waals surface area contributed by atoms with Gasteiger partial charge in [-0.1, -0.05) is 0 Å². The molecule has 2 aromatic heterocycles. The summed E-state index contributed by atoms with van der Waals surface area (Å²) in [5.74, 6) is 1.15. The van der Waals surface area contributed by atoms with Crippen LogP contribution in [0.25, 0.3) is 0 Å². The first-order chi connectivity index (χ1) is 9.02. The summed E-state index contributed by atoms with van der Waals surface area (Å²) in [6.07, 6.45) is 2.37. The maximum atomic E-state index is 9.03. The number of halogens is 1. The average Bonchev–Trinajstić information content (AvgIpc) is 2.60. The quantitative estimate of drug-likeness (QED) is 0.840. The lowest BCUT2D eigenvalue weighted by Gasteiger charge is -2.08. The molecule has 2 aromatic rings. The average molecular weight is 333 g/mol. The highest BCUT2D eigenvalue weighted by Gasteiger charge is 2.11. The predicted octanol–water partition coefficient (Wildman–Crippen LogP) is 2.27. The van der Waals surface area contributed by atoms with Crippen LogP contribution in [0.5, 0.6) is 0 Å². The number of anilines is 1. The Hall–Kier alpha value is -1.02. The number of nitrogens with zero attached hydrogens (tertiary/aromatic N) is 3. The van der Waals surface area contributed by atoms with E-state index in [1.165, 1.54) is 11.3 Å². The predicted molar refractivity (Wildman–Crippen MR) is 86.2 cm³/mol. The van der Waals surface area contributed by atoms with E-state index in [0.29, 0.717) is 24.6 Å². The second-order valence-electron chi connectivity index (χ2n) is 4.26. The molecule has 0 saturated heterocycles. The summed E-state index contributed by atoms with van der Waals surface area (Å²) < 4.78 is 2.79. The highest BCUT2D eigenvalue weighted by Crippen LogP contribution is 2.21. The van der Waals surface area contributed by atoms with E-state index in [0.717, 1.165) is 20.1 Å². The van der Waals surface area contributed by atoms with Gasteiger partial charge in [0.25, 0.3) is 0 Å². The molecular formula is C12H17ClN4OS2. The summed E-state index contributed by atoms with van der Waals surface area (Å²) in [5.41, 5.74) is 7.83. The SMILES string of the molecule is Cc1ncc(Cn2c(C)c(CCO)sc2=S)c(N)n1.Cl. The fraction of sp³-hybridized carbons (Fsp3) is 0.417. The van der Waals surface area contributed by atoms with E-state index in [9.17, 15) is 0 Å². The molecular weight excluding hydrogens is 316 g/mol. The topological polar surface area (TPSA) is 77.0 Å². The van der Waals surface area contributed by atoms with Gasteiger partial charge in [0.2, 0.25) is 0 Å². The standard InChI is InChI=1S/C12H16N4OS2.ClH/c1-7-10(3-4-17)19-12(18)16(7)6-9-5-14-8(2)15-11(9)13;/h5,17H,3-4,6H2,1-2H3,(H2,13,14,15);1H. The molecule has 0 fully saturated rings. The molecule has 0 aliphatic heterocycles. The van der Waals surface area contributed by atoms with Gasteiger partial charge in [-0.25, -0.2) is 9.97 Å². The zero-order chi connectivity index (χ0) is 14.0. The number of hydrogen-bond donors (Lipinski definition) is 2. The van der Waals surface area contributed by atoms with Crippen molar-refractivity contribution in [3.8, 4) is 0 Å². The van der Waals surface area contributed by atoms with Gasteiger partial charge < -0.3 is 15.4 Å². The van der Waals surface area contributed by atoms with Crippen LogP contribution in [-0.4, -0.2) is 26.2 Å². The van der Waals surface area contributed by atoms with Gasteiger partial charge in [0, 0.05) is 35.4 Å². The molecule has 0 saturated carbocycles. The molecule has 0 bridgehead atoms. The van der Waals surface area contributed by atoms with Crippen LogP contribution in [-0.2, 0) is 13.0 Å². The van der Waals surface area contributed by atoms with E-state index in [2.05, 4.69) is 9.97 Å². The van der Waals surface area contributed by atoms with E-state index < -0.39 is 0 Å². The Balaban J connectivity index is 0.00000200. The fourth-order valence-electron chi connectivity index (χ4n) is 1.84. The molecule has 0 unspecified atom stereocenters. The van der Waals surface area contributed by atoms with Gasteiger partial charge in [0.05, 0.1) is 6.54 Å². The minimum Gasteiger partial charge on any atom is -0.396 e. The number of aryl methyl sites for hydroxylation is 1. The monoisotopic (exact) mass is 332 g/mol. The van der Waals surface area contributed by atoms with Gasteiger partial charge >= 0.3 is 0 Å². The Morgan fingerprint density at radius 2 is 2.15 bits per heavy atom. The molecule has 0 aromatic carbocycles. The number of nitrogens with two attached hydrogens (primary N) is 1. The van der Waals surface area contributed by atoms with Crippen LogP contribution in [0.1, 0.15) is 22.0 Å². The Bertz CT molecular complexity index is 653. The Morgan fingerprint density at radius 1 is 1.45 bits per heavy atom. The smallest absolute Gasteiger partial charge is 0.161 e. The molecule has 0 aliphatic rings. The molecule has 8 heteroatoms. The summed E-state index contributed by atoms with van der Waals surface area (Å²) in [7, 11) is 0. The lowest BCUT2D eigenvalue weighted by molar-refractivity contribution is 0.300. The first-order valence-electron chi connectivity index (χ1n) is 5.91. The summed E-state index contributed by atoms with van der Waals surface area (Å²) >= 11 is 6.89. The molecule has 2 heterocycles. The number of aromatic nitrogens is 3. The Labute approximate surface area is 132 Å². The van der Waals surface area contributed by atoms with Gasteiger partial charge in [-0.3, -0.25) is 0 Å². The summed E-state index contributed by atoms with van der Waals surface area (Å²) in [4.78, 5) is 9.43. The van der Waals surface area contributed by atoms with Crippen LogP contribution in [0.4, 0.5) is 5.82 Å². The van der Waals surface area contributed by atoms with Crippen LogP contribution in [0.3, 0.4) is 0 Å². The number of thiazole rings is 1. The molecule has 0 atom stereocenters. The third-order valence-corrected chi connectivity index (χ3v) is 4.54. The highest BCUT2D eigenvalue weighted by molar-refractivity contribution is 7.73. The van der Waals surface area contributed by atoms with Crippen molar-refractivity contribution < 1.29 is 5.11 Å².